The van der Waals surface area contributed by atoms with Crippen molar-refractivity contribution in [1.29, 1.82) is 0 Å². The van der Waals surface area contributed by atoms with Crippen LogP contribution < -0.4 is 9.64 Å². The zero-order chi connectivity index (χ0) is 26.7. The molecular weight excluding hydrogens is 481 g/mol. The van der Waals surface area contributed by atoms with Crippen LogP contribution in [-0.2, 0) is 15.1 Å². The molecule has 2 aromatic carbocycles. The highest BCUT2D eigenvalue weighted by Crippen LogP contribution is 2.52. The van der Waals surface area contributed by atoms with Crippen molar-refractivity contribution >= 4 is 11.7 Å². The third-order valence-electron chi connectivity index (χ3n) is 8.93. The van der Waals surface area contributed by atoms with Gasteiger partial charge in [0.15, 0.2) is 0 Å². The molecule has 2 aliphatic heterocycles. The van der Waals surface area contributed by atoms with Crippen molar-refractivity contribution in [2.75, 3.05) is 44.7 Å². The van der Waals surface area contributed by atoms with Crippen molar-refractivity contribution in [1.82, 2.24) is 4.90 Å². The summed E-state index contributed by atoms with van der Waals surface area (Å²) in [4.78, 5) is 21.1. The van der Waals surface area contributed by atoms with Gasteiger partial charge < -0.3 is 24.1 Å². The number of likely N-dealkylation sites (tertiary alicyclic amines) is 1. The molecule has 0 radical (unpaired) electrons. The molecule has 3 atom stereocenters. The molecule has 7 heteroatoms. The molecule has 0 N–H and O–H groups in total. The SMILES string of the molecule is [C-]#[N+]C(c1cccc(F)c1)(C1CCN(CC2CN(c3ccc(OC)cc3)C2)CC1)[C@H]1CCC[C@@H]1OC(C)=O. The van der Waals surface area contributed by atoms with Gasteiger partial charge in [-0.1, -0.05) is 12.1 Å². The second-order valence-corrected chi connectivity index (χ2v) is 11.2. The molecule has 5 rings (SSSR count). The molecule has 3 aliphatic rings. The largest absolute Gasteiger partial charge is 0.497 e. The highest BCUT2D eigenvalue weighted by atomic mass is 19.1. The summed E-state index contributed by atoms with van der Waals surface area (Å²) >= 11 is 0. The number of carbonyl (C=O) groups is 1. The standard InChI is InChI=1S/C31H38FN3O3/c1-22(36)38-30-9-5-8-29(30)31(33-2,25-6-4-7-26(32)18-25)24-14-16-34(17-15-24)19-23-20-35(21-23)27-10-12-28(37-3)13-11-27/h4,6-7,10-13,18,23-24,29-30H,5,8-9,14-17,19-21H2,1,3H3/t29-,30-,31?/m0/s1. The van der Waals surface area contributed by atoms with E-state index in [1.54, 1.807) is 13.2 Å². The first-order valence-corrected chi connectivity index (χ1v) is 13.9. The highest BCUT2D eigenvalue weighted by Gasteiger charge is 2.58. The van der Waals surface area contributed by atoms with E-state index in [4.69, 9.17) is 16.0 Å². The lowest BCUT2D eigenvalue weighted by Gasteiger charge is -2.46. The summed E-state index contributed by atoms with van der Waals surface area (Å²) in [5, 5.41) is 0. The second-order valence-electron chi connectivity index (χ2n) is 11.2. The Labute approximate surface area is 225 Å². The van der Waals surface area contributed by atoms with Crippen molar-refractivity contribution in [2.24, 2.45) is 17.8 Å². The Hall–Kier alpha value is -3.11. The molecule has 2 aromatic rings. The van der Waals surface area contributed by atoms with Gasteiger partial charge in [0.1, 0.15) is 17.7 Å². The Kier molecular flexibility index (Phi) is 7.90. The average Bonchev–Trinajstić information content (AvgIpc) is 3.35. The van der Waals surface area contributed by atoms with E-state index >= 15 is 0 Å². The van der Waals surface area contributed by atoms with E-state index < -0.39 is 5.54 Å². The van der Waals surface area contributed by atoms with E-state index in [2.05, 4.69) is 26.8 Å². The first kappa shape index (κ1) is 26.5. The molecule has 0 spiro atoms. The summed E-state index contributed by atoms with van der Waals surface area (Å²) in [5.41, 5.74) is 1.09. The van der Waals surface area contributed by atoms with Crippen LogP contribution in [0.5, 0.6) is 5.75 Å². The number of ether oxygens (including phenoxy) is 2. The number of methoxy groups -OCH3 is 1. The maximum atomic E-state index is 14.4. The Morgan fingerprint density at radius 3 is 2.47 bits per heavy atom. The molecule has 2 saturated heterocycles. The molecule has 0 amide bonds. The fourth-order valence-electron chi connectivity index (χ4n) is 7.12. The van der Waals surface area contributed by atoms with Gasteiger partial charge in [-0.3, -0.25) is 4.79 Å². The fraction of sp³-hybridized carbons (Fsp3) is 0.548. The van der Waals surface area contributed by atoms with Crippen LogP contribution in [0.2, 0.25) is 0 Å². The van der Waals surface area contributed by atoms with E-state index in [0.717, 1.165) is 76.1 Å². The number of hydrogen-bond acceptors (Lipinski definition) is 5. The van der Waals surface area contributed by atoms with Crippen LogP contribution >= 0.6 is 0 Å². The van der Waals surface area contributed by atoms with Gasteiger partial charge in [0.2, 0.25) is 0 Å². The first-order chi connectivity index (χ1) is 18.4. The van der Waals surface area contributed by atoms with E-state index in [-0.39, 0.29) is 29.7 Å². The van der Waals surface area contributed by atoms with Gasteiger partial charge in [0, 0.05) is 49.6 Å². The van der Waals surface area contributed by atoms with Crippen molar-refractivity contribution in [2.45, 2.75) is 50.7 Å². The summed E-state index contributed by atoms with van der Waals surface area (Å²) in [5.74, 6) is 0.855. The number of nitrogens with zero attached hydrogens (tertiary/aromatic N) is 3. The number of halogens is 1. The van der Waals surface area contributed by atoms with Crippen LogP contribution in [0.1, 0.15) is 44.6 Å². The van der Waals surface area contributed by atoms with Crippen LogP contribution in [0.3, 0.4) is 0 Å². The van der Waals surface area contributed by atoms with Gasteiger partial charge in [-0.05, 0) is 81.6 Å². The molecule has 1 saturated carbocycles. The van der Waals surface area contributed by atoms with Crippen molar-refractivity contribution < 1.29 is 18.7 Å². The Morgan fingerprint density at radius 2 is 1.84 bits per heavy atom. The number of carbonyl (C=O) groups excluding carboxylic acids is 1. The third kappa shape index (κ3) is 5.24. The van der Waals surface area contributed by atoms with Crippen LogP contribution in [0.4, 0.5) is 10.1 Å². The fourth-order valence-corrected chi connectivity index (χ4v) is 7.12. The maximum absolute atomic E-state index is 14.4. The van der Waals surface area contributed by atoms with Crippen molar-refractivity contribution in [3.05, 3.63) is 71.3 Å². The van der Waals surface area contributed by atoms with E-state index in [1.165, 1.54) is 24.7 Å². The topological polar surface area (TPSA) is 46.4 Å². The molecule has 0 bridgehead atoms. The zero-order valence-electron chi connectivity index (χ0n) is 22.4. The number of anilines is 1. The summed E-state index contributed by atoms with van der Waals surface area (Å²) in [6, 6.07) is 14.8. The summed E-state index contributed by atoms with van der Waals surface area (Å²) in [6.45, 7) is 14.9. The van der Waals surface area contributed by atoms with Gasteiger partial charge >= 0.3 is 5.97 Å². The predicted octanol–water partition coefficient (Wildman–Crippen LogP) is 5.53. The maximum Gasteiger partial charge on any atom is 0.302 e. The van der Waals surface area contributed by atoms with E-state index in [0.29, 0.717) is 5.92 Å². The Morgan fingerprint density at radius 1 is 1.11 bits per heavy atom. The van der Waals surface area contributed by atoms with Crippen LogP contribution in [0, 0.1) is 30.1 Å². The number of piperidine rings is 1. The molecule has 2 heterocycles. The third-order valence-corrected chi connectivity index (χ3v) is 8.93. The quantitative estimate of drug-likeness (QED) is 0.339. The molecule has 3 fully saturated rings. The lowest BCUT2D eigenvalue weighted by molar-refractivity contribution is -0.149. The Balaban J connectivity index is 1.25. The first-order valence-electron chi connectivity index (χ1n) is 13.9. The van der Waals surface area contributed by atoms with Crippen LogP contribution in [-0.4, -0.2) is 56.8 Å². The van der Waals surface area contributed by atoms with Crippen molar-refractivity contribution in [3.63, 3.8) is 0 Å². The summed E-state index contributed by atoms with van der Waals surface area (Å²) in [7, 11) is 1.68. The minimum Gasteiger partial charge on any atom is -0.497 e. The number of benzene rings is 2. The van der Waals surface area contributed by atoms with Gasteiger partial charge in [-0.2, -0.15) is 0 Å². The molecule has 1 aliphatic carbocycles. The van der Waals surface area contributed by atoms with Gasteiger partial charge in [-0.25, -0.2) is 11.0 Å². The van der Waals surface area contributed by atoms with E-state index in [1.807, 2.05) is 18.2 Å². The monoisotopic (exact) mass is 519 g/mol. The molecule has 1 unspecified atom stereocenters. The van der Waals surface area contributed by atoms with Crippen LogP contribution in [0.15, 0.2) is 48.5 Å². The second kappa shape index (κ2) is 11.3. The normalized spacial score (nSPS) is 24.3. The number of rotatable bonds is 8. The minimum atomic E-state index is -0.882. The molecule has 6 nitrogen and oxygen atoms in total. The van der Waals surface area contributed by atoms with Gasteiger partial charge in [-0.15, -0.1) is 0 Å². The van der Waals surface area contributed by atoms with Gasteiger partial charge in [0.05, 0.1) is 13.0 Å². The van der Waals surface area contributed by atoms with Crippen LogP contribution in [0.25, 0.3) is 4.85 Å². The van der Waals surface area contributed by atoms with Gasteiger partial charge in [0.25, 0.3) is 5.54 Å². The number of hydrogen-bond donors (Lipinski definition) is 0. The molecular formula is C31H38FN3O3. The lowest BCUT2D eigenvalue weighted by atomic mass is 9.65. The number of esters is 1. The smallest absolute Gasteiger partial charge is 0.302 e. The van der Waals surface area contributed by atoms with E-state index in [9.17, 15) is 9.18 Å². The predicted molar refractivity (Wildman–Crippen MR) is 145 cm³/mol. The average molecular weight is 520 g/mol. The summed E-state index contributed by atoms with van der Waals surface area (Å²) in [6.07, 6.45) is 3.98. The minimum absolute atomic E-state index is 0.0939. The summed E-state index contributed by atoms with van der Waals surface area (Å²) < 4.78 is 25.4. The molecule has 0 aromatic heterocycles. The molecule has 38 heavy (non-hydrogen) atoms. The lowest BCUT2D eigenvalue weighted by Crippen LogP contribution is -2.54. The highest BCUT2D eigenvalue weighted by molar-refractivity contribution is 5.66. The Bertz CT molecular complexity index is 1150. The van der Waals surface area contributed by atoms with Crippen molar-refractivity contribution in [3.8, 4) is 5.75 Å². The molecule has 202 valence electrons. The zero-order valence-corrected chi connectivity index (χ0v) is 22.4.